The predicted molar refractivity (Wildman–Crippen MR) is 69.9 cm³/mol. The predicted octanol–water partition coefficient (Wildman–Crippen LogP) is 1.05. The lowest BCUT2D eigenvalue weighted by Crippen LogP contribution is -2.61. The van der Waals surface area contributed by atoms with Crippen LogP contribution in [0, 0.1) is 11.6 Å². The maximum Gasteiger partial charge on any atom is 0.130 e. The van der Waals surface area contributed by atoms with Crippen LogP contribution in [0.1, 0.15) is 5.56 Å². The number of halogens is 2. The molecule has 5 heteroatoms. The first-order valence-electron chi connectivity index (χ1n) is 6.83. The van der Waals surface area contributed by atoms with Crippen LogP contribution in [0.3, 0.4) is 0 Å². The minimum Gasteiger partial charge on any atom is -0.314 e. The van der Waals surface area contributed by atoms with Gasteiger partial charge in [-0.3, -0.25) is 9.80 Å². The van der Waals surface area contributed by atoms with Crippen molar-refractivity contribution >= 4 is 0 Å². The molecule has 19 heavy (non-hydrogen) atoms. The van der Waals surface area contributed by atoms with Crippen molar-refractivity contribution in [1.82, 2.24) is 15.1 Å². The molecule has 1 N–H and O–H groups in total. The summed E-state index contributed by atoms with van der Waals surface area (Å²) in [5.74, 6) is -0.950. The summed E-state index contributed by atoms with van der Waals surface area (Å²) in [5.41, 5.74) is 0.583. The van der Waals surface area contributed by atoms with E-state index in [9.17, 15) is 8.78 Å². The molecule has 104 valence electrons. The topological polar surface area (TPSA) is 18.5 Å². The Hall–Kier alpha value is -1.04. The van der Waals surface area contributed by atoms with Crippen molar-refractivity contribution in [2.24, 2.45) is 0 Å². The highest BCUT2D eigenvalue weighted by molar-refractivity contribution is 5.18. The summed E-state index contributed by atoms with van der Waals surface area (Å²) >= 11 is 0. The average Bonchev–Trinajstić information content (AvgIpc) is 2.33. The van der Waals surface area contributed by atoms with Crippen LogP contribution in [-0.2, 0) is 6.54 Å². The second-order valence-corrected chi connectivity index (χ2v) is 5.36. The van der Waals surface area contributed by atoms with Gasteiger partial charge in [0.1, 0.15) is 11.6 Å². The van der Waals surface area contributed by atoms with Gasteiger partial charge >= 0.3 is 0 Å². The molecular formula is C14H19F2N3. The van der Waals surface area contributed by atoms with Crippen molar-refractivity contribution in [3.63, 3.8) is 0 Å². The van der Waals surface area contributed by atoms with Crippen molar-refractivity contribution in [3.8, 4) is 0 Å². The Labute approximate surface area is 112 Å². The molecule has 3 nitrogen and oxygen atoms in total. The molecule has 3 rings (SSSR count). The van der Waals surface area contributed by atoms with Crippen LogP contribution < -0.4 is 5.32 Å². The number of benzene rings is 1. The minimum absolute atomic E-state index is 0.439. The standard InChI is InChI=1S/C14H19F2N3/c15-12-2-1-11(14(16)7-12)10-18-3-5-19(6-4-18)13-8-17-9-13/h1-2,7,13,17H,3-6,8-10H2. The van der Waals surface area contributed by atoms with Crippen molar-refractivity contribution in [3.05, 3.63) is 35.4 Å². The van der Waals surface area contributed by atoms with Crippen molar-refractivity contribution in [1.29, 1.82) is 0 Å². The van der Waals surface area contributed by atoms with E-state index in [1.54, 1.807) is 6.07 Å². The molecule has 2 aliphatic heterocycles. The third kappa shape index (κ3) is 2.94. The molecule has 0 amide bonds. The second-order valence-electron chi connectivity index (χ2n) is 5.36. The summed E-state index contributed by atoms with van der Waals surface area (Å²) in [4.78, 5) is 4.73. The first-order chi connectivity index (χ1) is 9.22. The van der Waals surface area contributed by atoms with Gasteiger partial charge in [0.25, 0.3) is 0 Å². The van der Waals surface area contributed by atoms with Crippen LogP contribution in [0.15, 0.2) is 18.2 Å². The van der Waals surface area contributed by atoms with E-state index in [1.165, 1.54) is 6.07 Å². The van der Waals surface area contributed by atoms with E-state index in [4.69, 9.17) is 0 Å². The lowest BCUT2D eigenvalue weighted by Gasteiger charge is -2.43. The number of nitrogens with zero attached hydrogens (tertiary/aromatic N) is 2. The summed E-state index contributed by atoms with van der Waals surface area (Å²) in [6.07, 6.45) is 0. The van der Waals surface area contributed by atoms with Crippen molar-refractivity contribution < 1.29 is 8.78 Å². The smallest absolute Gasteiger partial charge is 0.130 e. The fourth-order valence-electron chi connectivity index (χ4n) is 2.71. The van der Waals surface area contributed by atoms with Gasteiger partial charge in [0.05, 0.1) is 0 Å². The Kier molecular flexibility index (Phi) is 3.77. The van der Waals surface area contributed by atoms with Gasteiger partial charge in [-0.25, -0.2) is 8.78 Å². The molecule has 2 heterocycles. The quantitative estimate of drug-likeness (QED) is 0.883. The number of hydrogen-bond donors (Lipinski definition) is 1. The van der Waals surface area contributed by atoms with Gasteiger partial charge in [-0.05, 0) is 6.07 Å². The average molecular weight is 267 g/mol. The zero-order chi connectivity index (χ0) is 13.2. The maximum atomic E-state index is 13.6. The van der Waals surface area contributed by atoms with Crippen LogP contribution in [0.25, 0.3) is 0 Å². The Morgan fingerprint density at radius 1 is 1.11 bits per heavy atom. The molecule has 0 aliphatic carbocycles. The Morgan fingerprint density at radius 2 is 1.84 bits per heavy atom. The zero-order valence-electron chi connectivity index (χ0n) is 10.9. The van der Waals surface area contributed by atoms with Gasteiger partial charge in [0.2, 0.25) is 0 Å². The lowest BCUT2D eigenvalue weighted by molar-refractivity contribution is 0.0691. The normalized spacial score (nSPS) is 22.4. The minimum atomic E-state index is -0.511. The number of rotatable bonds is 3. The van der Waals surface area contributed by atoms with Gasteiger partial charge in [-0.2, -0.15) is 0 Å². The Morgan fingerprint density at radius 3 is 2.42 bits per heavy atom. The molecular weight excluding hydrogens is 248 g/mol. The number of piperazine rings is 1. The molecule has 0 radical (unpaired) electrons. The van der Waals surface area contributed by atoms with Crippen LogP contribution in [0.4, 0.5) is 8.78 Å². The number of hydrogen-bond acceptors (Lipinski definition) is 3. The van der Waals surface area contributed by atoms with Crippen molar-refractivity contribution in [2.45, 2.75) is 12.6 Å². The van der Waals surface area contributed by atoms with E-state index in [1.807, 2.05) is 0 Å². The van der Waals surface area contributed by atoms with Crippen LogP contribution in [0.2, 0.25) is 0 Å². The molecule has 0 spiro atoms. The lowest BCUT2D eigenvalue weighted by atomic mass is 10.1. The summed E-state index contributed by atoms with van der Waals surface area (Å²) in [6, 6.07) is 4.53. The van der Waals surface area contributed by atoms with E-state index in [0.29, 0.717) is 18.2 Å². The molecule has 0 atom stereocenters. The van der Waals surface area contributed by atoms with E-state index in [0.717, 1.165) is 45.3 Å². The summed E-state index contributed by atoms with van der Waals surface area (Å²) < 4.78 is 26.4. The molecule has 1 aromatic carbocycles. The van der Waals surface area contributed by atoms with E-state index in [-0.39, 0.29) is 0 Å². The molecule has 0 saturated carbocycles. The van der Waals surface area contributed by atoms with E-state index >= 15 is 0 Å². The molecule has 2 fully saturated rings. The zero-order valence-corrected chi connectivity index (χ0v) is 10.9. The maximum absolute atomic E-state index is 13.6. The van der Waals surface area contributed by atoms with Crippen molar-refractivity contribution in [2.75, 3.05) is 39.3 Å². The molecule has 0 unspecified atom stereocenters. The van der Waals surface area contributed by atoms with Crippen LogP contribution >= 0.6 is 0 Å². The van der Waals surface area contributed by atoms with Gasteiger partial charge in [0, 0.05) is 63.5 Å². The van der Waals surface area contributed by atoms with Crippen LogP contribution in [0.5, 0.6) is 0 Å². The molecule has 0 bridgehead atoms. The first-order valence-corrected chi connectivity index (χ1v) is 6.83. The third-order valence-electron chi connectivity index (χ3n) is 4.09. The van der Waals surface area contributed by atoms with Gasteiger partial charge in [-0.1, -0.05) is 6.07 Å². The highest BCUT2D eigenvalue weighted by Gasteiger charge is 2.27. The SMILES string of the molecule is Fc1ccc(CN2CCN(C3CNC3)CC2)c(F)c1. The summed E-state index contributed by atoms with van der Waals surface area (Å²) in [6.45, 7) is 6.73. The third-order valence-corrected chi connectivity index (χ3v) is 4.09. The molecule has 0 aromatic heterocycles. The molecule has 2 aliphatic rings. The van der Waals surface area contributed by atoms with Gasteiger partial charge in [0.15, 0.2) is 0 Å². The Balaban J connectivity index is 1.54. The largest absolute Gasteiger partial charge is 0.314 e. The molecule has 1 aromatic rings. The number of nitrogens with one attached hydrogen (secondary N) is 1. The fraction of sp³-hybridized carbons (Fsp3) is 0.571. The summed E-state index contributed by atoms with van der Waals surface area (Å²) in [7, 11) is 0. The highest BCUT2D eigenvalue weighted by Crippen LogP contribution is 2.15. The highest BCUT2D eigenvalue weighted by atomic mass is 19.1. The summed E-state index contributed by atoms with van der Waals surface area (Å²) in [5, 5.41) is 3.28. The van der Waals surface area contributed by atoms with Crippen LogP contribution in [-0.4, -0.2) is 55.1 Å². The Bertz CT molecular complexity index is 440. The first kappa shape index (κ1) is 13.0. The molecule has 2 saturated heterocycles. The fourth-order valence-corrected chi connectivity index (χ4v) is 2.71. The van der Waals surface area contributed by atoms with Gasteiger partial charge < -0.3 is 5.32 Å². The van der Waals surface area contributed by atoms with E-state index < -0.39 is 11.6 Å². The van der Waals surface area contributed by atoms with E-state index in [2.05, 4.69) is 15.1 Å². The van der Waals surface area contributed by atoms with Gasteiger partial charge in [-0.15, -0.1) is 0 Å². The monoisotopic (exact) mass is 267 g/mol. The second kappa shape index (κ2) is 5.53.